The topological polar surface area (TPSA) is 76.1 Å². The number of nitrogens with zero attached hydrogens (tertiary/aromatic N) is 2. The summed E-state index contributed by atoms with van der Waals surface area (Å²) in [7, 11) is 1.57. The van der Waals surface area contributed by atoms with Crippen molar-refractivity contribution >= 4 is 11.5 Å². The van der Waals surface area contributed by atoms with E-state index < -0.39 is 18.8 Å². The van der Waals surface area contributed by atoms with E-state index in [1.165, 1.54) is 4.68 Å². The van der Waals surface area contributed by atoms with Gasteiger partial charge in [-0.15, -0.1) is 0 Å². The first-order valence-electron chi connectivity index (χ1n) is 5.45. The van der Waals surface area contributed by atoms with Gasteiger partial charge in [0.05, 0.1) is 17.9 Å². The van der Waals surface area contributed by atoms with Crippen LogP contribution in [0.25, 0.3) is 0 Å². The van der Waals surface area contributed by atoms with Gasteiger partial charge in [-0.1, -0.05) is 13.8 Å². The summed E-state index contributed by atoms with van der Waals surface area (Å²) in [4.78, 5) is 0. The fourth-order valence-corrected chi connectivity index (χ4v) is 1.51. The van der Waals surface area contributed by atoms with E-state index in [4.69, 9.17) is 10.8 Å². The van der Waals surface area contributed by atoms with Crippen LogP contribution in [0.3, 0.4) is 0 Å². The van der Waals surface area contributed by atoms with Crippen molar-refractivity contribution in [1.82, 2.24) is 9.78 Å². The lowest BCUT2D eigenvalue weighted by Gasteiger charge is -2.16. The van der Waals surface area contributed by atoms with Gasteiger partial charge in [0, 0.05) is 7.05 Å². The zero-order valence-electron chi connectivity index (χ0n) is 10.4. The minimum Gasteiger partial charge on any atom is -0.394 e. The third kappa shape index (κ3) is 3.06. The third-order valence-corrected chi connectivity index (χ3v) is 2.50. The molecular weight excluding hydrogens is 249 g/mol. The Bertz CT molecular complexity index is 414. The van der Waals surface area contributed by atoms with Gasteiger partial charge in [-0.25, -0.2) is 0 Å². The highest BCUT2D eigenvalue weighted by molar-refractivity contribution is 5.65. The molecule has 0 aliphatic rings. The number of nitrogens with one attached hydrogen (secondary N) is 1. The van der Waals surface area contributed by atoms with Crippen LogP contribution in [0.15, 0.2) is 0 Å². The average molecular weight is 266 g/mol. The molecule has 8 heteroatoms. The molecule has 4 N–H and O–H groups in total. The van der Waals surface area contributed by atoms with Gasteiger partial charge in [-0.05, 0) is 5.92 Å². The Balaban J connectivity index is 2.80. The lowest BCUT2D eigenvalue weighted by molar-refractivity contribution is -0.198. The molecule has 0 aliphatic carbocycles. The molecule has 0 saturated carbocycles. The second-order valence-electron chi connectivity index (χ2n) is 4.36. The van der Waals surface area contributed by atoms with E-state index in [2.05, 4.69) is 10.4 Å². The molecule has 0 bridgehead atoms. The second-order valence-corrected chi connectivity index (χ2v) is 4.36. The highest BCUT2D eigenvalue weighted by Gasteiger charge is 2.38. The second kappa shape index (κ2) is 5.05. The first kappa shape index (κ1) is 14.6. The molecule has 0 amide bonds. The Morgan fingerprint density at radius 2 is 2.00 bits per heavy atom. The van der Waals surface area contributed by atoms with Crippen molar-refractivity contribution in [3.8, 4) is 0 Å². The minimum atomic E-state index is -4.65. The van der Waals surface area contributed by atoms with E-state index in [1.807, 2.05) is 13.8 Å². The van der Waals surface area contributed by atoms with Gasteiger partial charge < -0.3 is 16.2 Å². The number of rotatable bonds is 4. The number of hydrogen-bond acceptors (Lipinski definition) is 4. The lowest BCUT2D eigenvalue weighted by Crippen LogP contribution is -2.35. The maximum absolute atomic E-state index is 12.1. The summed E-state index contributed by atoms with van der Waals surface area (Å²) in [5.74, 6) is 0.348. The van der Waals surface area contributed by atoms with E-state index in [1.54, 1.807) is 7.05 Å². The Morgan fingerprint density at radius 3 is 2.39 bits per heavy atom. The van der Waals surface area contributed by atoms with Crippen LogP contribution < -0.4 is 11.1 Å². The van der Waals surface area contributed by atoms with Gasteiger partial charge >= 0.3 is 6.18 Å². The molecule has 5 nitrogen and oxygen atoms in total. The molecule has 0 aromatic carbocycles. The standard InChI is InChI=1S/C10H17F3N4O/c1-5(2)8-7(14)9(17(3)16-8)15-4-6(18)10(11,12)13/h5-6,15,18H,4,14H2,1-3H3. The van der Waals surface area contributed by atoms with E-state index >= 15 is 0 Å². The highest BCUT2D eigenvalue weighted by Crippen LogP contribution is 2.28. The van der Waals surface area contributed by atoms with Crippen LogP contribution >= 0.6 is 0 Å². The summed E-state index contributed by atoms with van der Waals surface area (Å²) in [6.07, 6.45) is -7.09. The van der Waals surface area contributed by atoms with Gasteiger partial charge in [0.1, 0.15) is 5.82 Å². The monoisotopic (exact) mass is 266 g/mol. The number of alkyl halides is 3. The summed E-state index contributed by atoms with van der Waals surface area (Å²) < 4.78 is 37.8. The SMILES string of the molecule is CC(C)c1nn(C)c(NCC(O)C(F)(F)F)c1N. The number of aromatic nitrogens is 2. The molecule has 1 heterocycles. The molecule has 0 fully saturated rings. The molecule has 1 atom stereocenters. The number of aliphatic hydroxyl groups is 1. The van der Waals surface area contributed by atoms with Crippen LogP contribution in [0.4, 0.5) is 24.7 Å². The van der Waals surface area contributed by atoms with Crippen molar-refractivity contribution in [2.75, 3.05) is 17.6 Å². The first-order valence-corrected chi connectivity index (χ1v) is 5.45. The van der Waals surface area contributed by atoms with Gasteiger partial charge in [0.15, 0.2) is 6.10 Å². The van der Waals surface area contributed by atoms with E-state index in [-0.39, 0.29) is 11.7 Å². The van der Waals surface area contributed by atoms with E-state index in [0.29, 0.717) is 11.4 Å². The summed E-state index contributed by atoms with van der Waals surface area (Å²) in [6, 6.07) is 0. The van der Waals surface area contributed by atoms with Crippen molar-refractivity contribution in [3.63, 3.8) is 0 Å². The van der Waals surface area contributed by atoms with E-state index in [0.717, 1.165) is 0 Å². The zero-order chi connectivity index (χ0) is 14.1. The molecule has 1 aromatic heterocycles. The Hall–Kier alpha value is -1.44. The number of anilines is 2. The van der Waals surface area contributed by atoms with Crippen LogP contribution in [0.2, 0.25) is 0 Å². The van der Waals surface area contributed by atoms with Gasteiger partial charge in [0.25, 0.3) is 0 Å². The van der Waals surface area contributed by atoms with Gasteiger partial charge in [0.2, 0.25) is 0 Å². The largest absolute Gasteiger partial charge is 0.416 e. The number of aryl methyl sites for hydroxylation is 1. The van der Waals surface area contributed by atoms with Crippen molar-refractivity contribution in [1.29, 1.82) is 0 Å². The average Bonchev–Trinajstić information content (AvgIpc) is 2.50. The lowest BCUT2D eigenvalue weighted by atomic mass is 10.1. The number of aliphatic hydroxyl groups excluding tert-OH is 1. The number of nitrogens with two attached hydrogens (primary N) is 1. The summed E-state index contributed by atoms with van der Waals surface area (Å²) in [5.41, 5.74) is 6.71. The number of halogens is 3. The van der Waals surface area contributed by atoms with E-state index in [9.17, 15) is 13.2 Å². The van der Waals surface area contributed by atoms with Crippen molar-refractivity contribution in [3.05, 3.63) is 5.69 Å². The molecule has 0 saturated heterocycles. The fraction of sp³-hybridized carbons (Fsp3) is 0.700. The molecule has 104 valence electrons. The van der Waals surface area contributed by atoms with Crippen LogP contribution in [0, 0.1) is 0 Å². The Morgan fingerprint density at radius 1 is 1.44 bits per heavy atom. The summed E-state index contributed by atoms with van der Waals surface area (Å²) >= 11 is 0. The van der Waals surface area contributed by atoms with Crippen molar-refractivity contribution < 1.29 is 18.3 Å². The number of nitrogen functional groups attached to an aromatic ring is 1. The molecule has 0 radical (unpaired) electrons. The molecule has 1 aromatic rings. The number of hydrogen-bond donors (Lipinski definition) is 3. The molecule has 0 spiro atoms. The van der Waals surface area contributed by atoms with Gasteiger partial charge in [-0.3, -0.25) is 4.68 Å². The van der Waals surface area contributed by atoms with Crippen LogP contribution in [-0.2, 0) is 7.05 Å². The quantitative estimate of drug-likeness (QED) is 0.771. The van der Waals surface area contributed by atoms with Crippen molar-refractivity contribution in [2.45, 2.75) is 32.0 Å². The van der Waals surface area contributed by atoms with Crippen LogP contribution in [0.1, 0.15) is 25.5 Å². The maximum Gasteiger partial charge on any atom is 0.416 e. The Labute approximate surface area is 103 Å². The van der Waals surface area contributed by atoms with Crippen LogP contribution in [-0.4, -0.2) is 33.7 Å². The van der Waals surface area contributed by atoms with Gasteiger partial charge in [-0.2, -0.15) is 18.3 Å². The predicted molar refractivity (Wildman–Crippen MR) is 62.3 cm³/mol. The fourth-order valence-electron chi connectivity index (χ4n) is 1.51. The molecule has 1 rings (SSSR count). The molecule has 0 aliphatic heterocycles. The van der Waals surface area contributed by atoms with Crippen LogP contribution in [0.5, 0.6) is 0 Å². The smallest absolute Gasteiger partial charge is 0.394 e. The Kier molecular flexibility index (Phi) is 4.10. The highest BCUT2D eigenvalue weighted by atomic mass is 19.4. The van der Waals surface area contributed by atoms with Crippen molar-refractivity contribution in [2.24, 2.45) is 7.05 Å². The first-order chi connectivity index (χ1) is 8.14. The normalized spacial score (nSPS) is 14.0. The molecular formula is C10H17F3N4O. The maximum atomic E-state index is 12.1. The minimum absolute atomic E-state index is 0.0688. The summed E-state index contributed by atoms with van der Waals surface area (Å²) in [6.45, 7) is 3.10. The molecule has 18 heavy (non-hydrogen) atoms. The predicted octanol–water partition coefficient (Wildman–Crippen LogP) is 1.46. The summed E-state index contributed by atoms with van der Waals surface area (Å²) in [5, 5.41) is 15.5. The molecule has 1 unspecified atom stereocenters. The zero-order valence-corrected chi connectivity index (χ0v) is 10.4. The third-order valence-electron chi connectivity index (χ3n) is 2.50.